The van der Waals surface area contributed by atoms with E-state index >= 15 is 0 Å². The maximum absolute atomic E-state index is 5.72. The van der Waals surface area contributed by atoms with Crippen molar-refractivity contribution >= 4 is 0 Å². The largest absolute Gasteiger partial charge is 0.375 e. The Hall–Kier alpha value is -0.120. The number of morpholine rings is 1. The molecule has 0 unspecified atom stereocenters. The van der Waals surface area contributed by atoms with Crippen molar-refractivity contribution in [1.29, 1.82) is 0 Å². The molecule has 0 radical (unpaired) electrons. The Labute approximate surface area is 80.4 Å². The molecule has 2 heterocycles. The number of ether oxygens (including phenoxy) is 1. The van der Waals surface area contributed by atoms with Gasteiger partial charge in [-0.15, -0.1) is 0 Å². The van der Waals surface area contributed by atoms with Gasteiger partial charge in [0, 0.05) is 31.7 Å². The predicted octanol–water partition coefficient (Wildman–Crippen LogP) is 0.457. The molecule has 2 atom stereocenters. The number of nitrogens with one attached hydrogen (secondary N) is 1. The summed E-state index contributed by atoms with van der Waals surface area (Å²) in [6.45, 7) is 8.80. The number of hydrogen-bond acceptors (Lipinski definition) is 3. The van der Waals surface area contributed by atoms with Crippen LogP contribution >= 0.6 is 0 Å². The molecular formula is C10H20N2O. The topological polar surface area (TPSA) is 24.5 Å². The van der Waals surface area contributed by atoms with E-state index in [1.54, 1.807) is 0 Å². The first-order chi connectivity index (χ1) is 6.27. The van der Waals surface area contributed by atoms with Gasteiger partial charge in [0.05, 0.1) is 12.7 Å². The summed E-state index contributed by atoms with van der Waals surface area (Å²) in [7, 11) is 0. The molecule has 2 fully saturated rings. The molecule has 0 aliphatic carbocycles. The van der Waals surface area contributed by atoms with Crippen LogP contribution in [0.3, 0.4) is 0 Å². The molecule has 2 rings (SSSR count). The average Bonchev–Trinajstić information content (AvgIpc) is 2.17. The van der Waals surface area contributed by atoms with Crippen molar-refractivity contribution in [3.63, 3.8) is 0 Å². The van der Waals surface area contributed by atoms with Crippen molar-refractivity contribution in [3.05, 3.63) is 0 Å². The number of fused-ring (bicyclic) bond motifs is 1. The summed E-state index contributed by atoms with van der Waals surface area (Å²) in [4.78, 5) is 2.53. The Morgan fingerprint density at radius 3 is 3.08 bits per heavy atom. The molecule has 2 aliphatic rings. The molecule has 3 nitrogen and oxygen atoms in total. The van der Waals surface area contributed by atoms with Crippen LogP contribution in [0.15, 0.2) is 0 Å². The summed E-state index contributed by atoms with van der Waals surface area (Å²) in [5.74, 6) is 0. The summed E-state index contributed by atoms with van der Waals surface area (Å²) in [6.07, 6.45) is 1.67. The Bertz CT molecular complexity index is 172. The van der Waals surface area contributed by atoms with Gasteiger partial charge in [-0.2, -0.15) is 0 Å². The van der Waals surface area contributed by atoms with Crippen LogP contribution in [0.25, 0.3) is 0 Å². The average molecular weight is 184 g/mol. The standard InChI is InChI=1S/C10H20N2O/c1-8(2)12-5-3-10-9(7-12)11-4-6-13-10/h8-11H,3-7H2,1-2H3/t9-,10-/m1/s1. The van der Waals surface area contributed by atoms with E-state index in [4.69, 9.17) is 4.74 Å². The fourth-order valence-electron chi connectivity index (χ4n) is 2.27. The maximum atomic E-state index is 5.72. The lowest BCUT2D eigenvalue weighted by molar-refractivity contribution is -0.0480. The van der Waals surface area contributed by atoms with Crippen molar-refractivity contribution in [2.75, 3.05) is 26.2 Å². The van der Waals surface area contributed by atoms with Crippen LogP contribution in [0.1, 0.15) is 20.3 Å². The first-order valence-electron chi connectivity index (χ1n) is 5.36. The second kappa shape index (κ2) is 3.95. The van der Waals surface area contributed by atoms with Gasteiger partial charge in [-0.25, -0.2) is 0 Å². The van der Waals surface area contributed by atoms with Crippen LogP contribution in [-0.2, 0) is 4.74 Å². The molecule has 0 saturated carbocycles. The third kappa shape index (κ3) is 2.03. The summed E-state index contributed by atoms with van der Waals surface area (Å²) in [5, 5.41) is 3.54. The highest BCUT2D eigenvalue weighted by atomic mass is 16.5. The zero-order valence-electron chi connectivity index (χ0n) is 8.62. The minimum Gasteiger partial charge on any atom is -0.375 e. The molecule has 0 spiro atoms. The molecule has 0 aromatic carbocycles. The van der Waals surface area contributed by atoms with Crippen molar-refractivity contribution in [3.8, 4) is 0 Å². The van der Waals surface area contributed by atoms with Crippen LogP contribution in [0, 0.1) is 0 Å². The van der Waals surface area contributed by atoms with Gasteiger partial charge in [0.2, 0.25) is 0 Å². The molecule has 0 aromatic heterocycles. The minimum atomic E-state index is 0.476. The van der Waals surface area contributed by atoms with Crippen LogP contribution < -0.4 is 5.32 Å². The summed E-state index contributed by atoms with van der Waals surface area (Å²) >= 11 is 0. The van der Waals surface area contributed by atoms with E-state index in [2.05, 4.69) is 24.1 Å². The fraction of sp³-hybridized carbons (Fsp3) is 1.00. The zero-order chi connectivity index (χ0) is 9.26. The highest BCUT2D eigenvalue weighted by molar-refractivity contribution is 4.89. The Balaban J connectivity index is 1.91. The molecule has 76 valence electrons. The van der Waals surface area contributed by atoms with Crippen LogP contribution in [-0.4, -0.2) is 49.3 Å². The van der Waals surface area contributed by atoms with Gasteiger partial charge in [0.15, 0.2) is 0 Å². The molecule has 13 heavy (non-hydrogen) atoms. The SMILES string of the molecule is CC(C)N1CC[C@H]2OCCN[C@@H]2C1. The van der Waals surface area contributed by atoms with Gasteiger partial charge in [-0.05, 0) is 20.3 Å². The van der Waals surface area contributed by atoms with Gasteiger partial charge < -0.3 is 10.1 Å². The molecule has 0 amide bonds. The highest BCUT2D eigenvalue weighted by Gasteiger charge is 2.32. The lowest BCUT2D eigenvalue weighted by Crippen LogP contribution is -2.59. The summed E-state index contributed by atoms with van der Waals surface area (Å²) in [5.41, 5.74) is 0. The van der Waals surface area contributed by atoms with Crippen LogP contribution in [0.5, 0.6) is 0 Å². The number of piperidine rings is 1. The third-order valence-corrected chi connectivity index (χ3v) is 3.15. The maximum Gasteiger partial charge on any atom is 0.0753 e. The van der Waals surface area contributed by atoms with Crippen LogP contribution in [0.4, 0.5) is 0 Å². The van der Waals surface area contributed by atoms with E-state index in [9.17, 15) is 0 Å². The molecule has 2 saturated heterocycles. The van der Waals surface area contributed by atoms with E-state index in [1.807, 2.05) is 0 Å². The third-order valence-electron chi connectivity index (χ3n) is 3.15. The molecule has 2 aliphatic heterocycles. The molecule has 0 bridgehead atoms. The smallest absolute Gasteiger partial charge is 0.0753 e. The van der Waals surface area contributed by atoms with Gasteiger partial charge in [-0.3, -0.25) is 4.90 Å². The highest BCUT2D eigenvalue weighted by Crippen LogP contribution is 2.18. The fourth-order valence-corrected chi connectivity index (χ4v) is 2.27. The number of rotatable bonds is 1. The van der Waals surface area contributed by atoms with Gasteiger partial charge >= 0.3 is 0 Å². The van der Waals surface area contributed by atoms with Crippen molar-refractivity contribution in [2.24, 2.45) is 0 Å². The van der Waals surface area contributed by atoms with Crippen molar-refractivity contribution in [1.82, 2.24) is 10.2 Å². The first-order valence-corrected chi connectivity index (χ1v) is 5.36. The lowest BCUT2D eigenvalue weighted by Gasteiger charge is -2.43. The molecule has 0 aromatic rings. The second-order valence-corrected chi connectivity index (χ2v) is 4.35. The number of nitrogens with zero attached hydrogens (tertiary/aromatic N) is 1. The quantitative estimate of drug-likeness (QED) is 0.640. The Morgan fingerprint density at radius 2 is 2.31 bits per heavy atom. The normalized spacial score (nSPS) is 36.2. The van der Waals surface area contributed by atoms with E-state index in [-0.39, 0.29) is 0 Å². The van der Waals surface area contributed by atoms with Crippen LogP contribution in [0.2, 0.25) is 0 Å². The number of hydrogen-bond donors (Lipinski definition) is 1. The van der Waals surface area contributed by atoms with Gasteiger partial charge in [0.1, 0.15) is 0 Å². The Morgan fingerprint density at radius 1 is 1.46 bits per heavy atom. The number of likely N-dealkylation sites (tertiary alicyclic amines) is 1. The zero-order valence-corrected chi connectivity index (χ0v) is 8.62. The van der Waals surface area contributed by atoms with Gasteiger partial charge in [0.25, 0.3) is 0 Å². The van der Waals surface area contributed by atoms with E-state index in [1.165, 1.54) is 13.0 Å². The molecular weight excluding hydrogens is 164 g/mol. The lowest BCUT2D eigenvalue weighted by atomic mass is 9.99. The van der Waals surface area contributed by atoms with Crippen molar-refractivity contribution < 1.29 is 4.74 Å². The van der Waals surface area contributed by atoms with E-state index < -0.39 is 0 Å². The molecule has 3 heteroatoms. The van der Waals surface area contributed by atoms with Crippen molar-refractivity contribution in [2.45, 2.75) is 38.5 Å². The Kier molecular flexibility index (Phi) is 2.86. The summed E-state index contributed by atoms with van der Waals surface area (Å²) in [6, 6.07) is 1.24. The van der Waals surface area contributed by atoms with E-state index in [0.717, 1.165) is 19.7 Å². The monoisotopic (exact) mass is 184 g/mol. The first kappa shape index (κ1) is 9.44. The van der Waals surface area contributed by atoms with Gasteiger partial charge in [-0.1, -0.05) is 0 Å². The second-order valence-electron chi connectivity index (χ2n) is 4.35. The molecule has 1 N–H and O–H groups in total. The predicted molar refractivity (Wildman–Crippen MR) is 52.9 cm³/mol. The van der Waals surface area contributed by atoms with E-state index in [0.29, 0.717) is 18.2 Å². The minimum absolute atomic E-state index is 0.476. The summed E-state index contributed by atoms with van der Waals surface area (Å²) < 4.78 is 5.72.